The minimum Gasteiger partial charge on any atom is -0.494 e. The lowest BCUT2D eigenvalue weighted by atomic mass is 10.2. The van der Waals surface area contributed by atoms with Crippen LogP contribution in [0.5, 0.6) is 11.5 Å². The van der Waals surface area contributed by atoms with Crippen LogP contribution in [0.4, 0.5) is 0 Å². The van der Waals surface area contributed by atoms with Crippen molar-refractivity contribution in [3.63, 3.8) is 0 Å². The first-order valence-corrected chi connectivity index (χ1v) is 8.99. The summed E-state index contributed by atoms with van der Waals surface area (Å²) in [5, 5.41) is 0. The summed E-state index contributed by atoms with van der Waals surface area (Å²) in [6.45, 7) is 3.36. The van der Waals surface area contributed by atoms with Crippen LogP contribution in [0, 0.1) is 0 Å². The molecule has 0 aromatic heterocycles. The van der Waals surface area contributed by atoms with Gasteiger partial charge in [0, 0.05) is 6.61 Å². The lowest BCUT2D eigenvalue weighted by molar-refractivity contribution is 0.0161. The summed E-state index contributed by atoms with van der Waals surface area (Å²) in [4.78, 5) is 24.3. The molecule has 6 nitrogen and oxygen atoms in total. The van der Waals surface area contributed by atoms with Crippen LogP contribution in [-0.2, 0) is 9.47 Å². The number of rotatable bonds is 7. The van der Waals surface area contributed by atoms with Crippen molar-refractivity contribution in [2.75, 3.05) is 19.8 Å². The molecule has 0 bridgehead atoms. The van der Waals surface area contributed by atoms with Gasteiger partial charge in [0.05, 0.1) is 23.8 Å². The quantitative estimate of drug-likeness (QED) is 0.547. The van der Waals surface area contributed by atoms with Gasteiger partial charge >= 0.3 is 11.9 Å². The maximum Gasteiger partial charge on any atom is 0.343 e. The summed E-state index contributed by atoms with van der Waals surface area (Å²) in [6, 6.07) is 13.0. The van der Waals surface area contributed by atoms with Crippen LogP contribution in [0.25, 0.3) is 0 Å². The number of esters is 2. The standard InChI is InChI=1S/C21H22O6/c1-2-24-18-6-3-5-16(13-18)21(23)27-17-10-8-15(9-11-17)20(22)26-14-19-7-4-12-25-19/h3,5-6,8-11,13,19H,2,4,7,12,14H2,1H3. The minimum absolute atomic E-state index is 0.0124. The molecule has 6 heteroatoms. The highest BCUT2D eigenvalue weighted by Crippen LogP contribution is 2.18. The molecular weight excluding hydrogens is 348 g/mol. The molecule has 0 spiro atoms. The number of hydrogen-bond acceptors (Lipinski definition) is 6. The zero-order valence-electron chi connectivity index (χ0n) is 15.2. The van der Waals surface area contributed by atoms with Gasteiger partial charge < -0.3 is 18.9 Å². The van der Waals surface area contributed by atoms with Crippen molar-refractivity contribution in [3.8, 4) is 11.5 Å². The number of benzene rings is 2. The molecule has 0 amide bonds. The Labute approximate surface area is 158 Å². The molecule has 1 fully saturated rings. The summed E-state index contributed by atoms with van der Waals surface area (Å²) < 4.78 is 21.4. The van der Waals surface area contributed by atoms with Crippen LogP contribution >= 0.6 is 0 Å². The topological polar surface area (TPSA) is 71.1 Å². The third-order valence-corrected chi connectivity index (χ3v) is 4.11. The fourth-order valence-electron chi connectivity index (χ4n) is 2.73. The molecule has 0 saturated carbocycles. The van der Waals surface area contributed by atoms with E-state index in [1.807, 2.05) is 6.92 Å². The third-order valence-electron chi connectivity index (χ3n) is 4.11. The average Bonchev–Trinajstić information content (AvgIpc) is 3.21. The summed E-state index contributed by atoms with van der Waals surface area (Å²) in [7, 11) is 0. The smallest absolute Gasteiger partial charge is 0.343 e. The monoisotopic (exact) mass is 370 g/mol. The summed E-state index contributed by atoms with van der Waals surface area (Å²) in [5.41, 5.74) is 0.784. The zero-order valence-corrected chi connectivity index (χ0v) is 15.2. The van der Waals surface area contributed by atoms with E-state index in [1.54, 1.807) is 48.5 Å². The first-order chi connectivity index (χ1) is 13.2. The second-order valence-corrected chi connectivity index (χ2v) is 6.11. The van der Waals surface area contributed by atoms with Gasteiger partial charge in [-0.3, -0.25) is 0 Å². The van der Waals surface area contributed by atoms with Gasteiger partial charge in [0.1, 0.15) is 18.1 Å². The molecule has 1 atom stereocenters. The van der Waals surface area contributed by atoms with Crippen molar-refractivity contribution in [3.05, 3.63) is 59.7 Å². The fraction of sp³-hybridized carbons (Fsp3) is 0.333. The Balaban J connectivity index is 1.55. The van der Waals surface area contributed by atoms with Crippen LogP contribution in [0.3, 0.4) is 0 Å². The van der Waals surface area contributed by atoms with E-state index < -0.39 is 11.9 Å². The Morgan fingerprint density at radius 2 is 1.85 bits per heavy atom. The van der Waals surface area contributed by atoms with Crippen molar-refractivity contribution in [2.24, 2.45) is 0 Å². The molecule has 27 heavy (non-hydrogen) atoms. The minimum atomic E-state index is -0.495. The normalized spacial score (nSPS) is 16.0. The molecule has 3 rings (SSSR count). The van der Waals surface area contributed by atoms with E-state index in [0.717, 1.165) is 19.4 Å². The van der Waals surface area contributed by atoms with E-state index in [2.05, 4.69) is 0 Å². The van der Waals surface area contributed by atoms with Gasteiger partial charge in [-0.25, -0.2) is 9.59 Å². The van der Waals surface area contributed by atoms with E-state index in [9.17, 15) is 9.59 Å². The van der Waals surface area contributed by atoms with Gasteiger partial charge in [-0.15, -0.1) is 0 Å². The molecule has 0 radical (unpaired) electrons. The number of hydrogen-bond donors (Lipinski definition) is 0. The van der Waals surface area contributed by atoms with Gasteiger partial charge in [-0.05, 0) is 62.2 Å². The van der Waals surface area contributed by atoms with Crippen LogP contribution in [0.15, 0.2) is 48.5 Å². The molecule has 0 N–H and O–H groups in total. The lowest BCUT2D eigenvalue weighted by Crippen LogP contribution is -2.17. The van der Waals surface area contributed by atoms with Crippen LogP contribution in [0.1, 0.15) is 40.5 Å². The van der Waals surface area contributed by atoms with E-state index in [0.29, 0.717) is 29.2 Å². The Hall–Kier alpha value is -2.86. The molecule has 1 unspecified atom stereocenters. The van der Waals surface area contributed by atoms with E-state index in [4.69, 9.17) is 18.9 Å². The summed E-state index contributed by atoms with van der Waals surface area (Å²) in [5.74, 6) is 0.0341. The Kier molecular flexibility index (Phi) is 6.44. The van der Waals surface area contributed by atoms with Crippen LogP contribution in [-0.4, -0.2) is 37.9 Å². The SMILES string of the molecule is CCOc1cccc(C(=O)Oc2ccc(C(=O)OCC3CCCO3)cc2)c1. The molecule has 2 aromatic rings. The Morgan fingerprint density at radius 1 is 1.04 bits per heavy atom. The first-order valence-electron chi connectivity index (χ1n) is 8.99. The van der Waals surface area contributed by atoms with Gasteiger partial charge in [-0.2, -0.15) is 0 Å². The molecule has 2 aromatic carbocycles. The van der Waals surface area contributed by atoms with Crippen molar-refractivity contribution in [1.29, 1.82) is 0 Å². The van der Waals surface area contributed by atoms with E-state index in [1.165, 1.54) is 0 Å². The molecule has 1 heterocycles. The van der Waals surface area contributed by atoms with Crippen LogP contribution in [0.2, 0.25) is 0 Å². The van der Waals surface area contributed by atoms with Crippen molar-refractivity contribution < 1.29 is 28.5 Å². The van der Waals surface area contributed by atoms with Crippen molar-refractivity contribution >= 4 is 11.9 Å². The van der Waals surface area contributed by atoms with E-state index in [-0.39, 0.29) is 12.7 Å². The maximum absolute atomic E-state index is 12.3. The molecule has 1 aliphatic heterocycles. The Morgan fingerprint density at radius 3 is 2.56 bits per heavy atom. The average molecular weight is 370 g/mol. The van der Waals surface area contributed by atoms with Crippen molar-refractivity contribution in [2.45, 2.75) is 25.9 Å². The molecule has 0 aliphatic carbocycles. The Bertz CT molecular complexity index is 778. The molecule has 142 valence electrons. The zero-order chi connectivity index (χ0) is 19.1. The highest BCUT2D eigenvalue weighted by Gasteiger charge is 2.18. The summed E-state index contributed by atoms with van der Waals surface area (Å²) >= 11 is 0. The van der Waals surface area contributed by atoms with Gasteiger partial charge in [-0.1, -0.05) is 6.07 Å². The summed E-state index contributed by atoms with van der Waals surface area (Å²) in [6.07, 6.45) is 1.89. The van der Waals surface area contributed by atoms with E-state index >= 15 is 0 Å². The van der Waals surface area contributed by atoms with Gasteiger partial charge in [0.25, 0.3) is 0 Å². The predicted octanol–water partition coefficient (Wildman–Crippen LogP) is 3.64. The number of carbonyl (C=O) groups excluding carboxylic acids is 2. The first kappa shape index (κ1) is 18.9. The molecule has 1 aliphatic rings. The maximum atomic E-state index is 12.3. The highest BCUT2D eigenvalue weighted by atomic mass is 16.6. The third kappa shape index (κ3) is 5.31. The number of ether oxygens (including phenoxy) is 4. The number of carbonyl (C=O) groups is 2. The largest absolute Gasteiger partial charge is 0.494 e. The highest BCUT2D eigenvalue weighted by molar-refractivity contribution is 5.92. The van der Waals surface area contributed by atoms with Crippen LogP contribution < -0.4 is 9.47 Å². The second kappa shape index (κ2) is 9.19. The van der Waals surface area contributed by atoms with Gasteiger partial charge in [0.2, 0.25) is 0 Å². The predicted molar refractivity (Wildman–Crippen MR) is 98.3 cm³/mol. The van der Waals surface area contributed by atoms with Crippen molar-refractivity contribution in [1.82, 2.24) is 0 Å². The fourth-order valence-corrected chi connectivity index (χ4v) is 2.73. The molecule has 1 saturated heterocycles. The lowest BCUT2D eigenvalue weighted by Gasteiger charge is -2.10. The molecular formula is C21H22O6. The second-order valence-electron chi connectivity index (χ2n) is 6.11. The van der Waals surface area contributed by atoms with Gasteiger partial charge in [0.15, 0.2) is 0 Å².